The number of nitro benzene ring substituents is 1. The summed E-state index contributed by atoms with van der Waals surface area (Å²) in [6.45, 7) is 2.76. The molecule has 0 fully saturated rings. The number of hydrogen-bond acceptors (Lipinski definition) is 7. The van der Waals surface area contributed by atoms with Gasteiger partial charge in [0, 0.05) is 36.6 Å². The van der Waals surface area contributed by atoms with Crippen LogP contribution < -0.4 is 10.1 Å². The Balaban J connectivity index is 1.49. The smallest absolute Gasteiger partial charge is 0.336 e. The first-order chi connectivity index (χ1) is 17.9. The number of aryl methyl sites for hydroxylation is 1. The van der Waals surface area contributed by atoms with Gasteiger partial charge in [0.05, 0.1) is 17.2 Å². The van der Waals surface area contributed by atoms with Crippen LogP contribution in [0.4, 0.5) is 11.4 Å². The molecule has 10 heteroatoms. The Labute approximate surface area is 213 Å². The van der Waals surface area contributed by atoms with E-state index in [0.717, 1.165) is 16.8 Å². The summed E-state index contributed by atoms with van der Waals surface area (Å²) in [5.41, 5.74) is 4.02. The molecule has 0 aliphatic rings. The Morgan fingerprint density at radius 3 is 2.38 bits per heavy atom. The third-order valence-electron chi connectivity index (χ3n) is 5.33. The van der Waals surface area contributed by atoms with Crippen LogP contribution in [0.15, 0.2) is 78.9 Å². The molecule has 4 rings (SSSR count). The minimum absolute atomic E-state index is 0.00623. The van der Waals surface area contributed by atoms with Gasteiger partial charge in [0.1, 0.15) is 6.61 Å². The third kappa shape index (κ3) is 6.65. The summed E-state index contributed by atoms with van der Waals surface area (Å²) in [6, 6.07) is 21.3. The highest BCUT2D eigenvalue weighted by Gasteiger charge is 2.15. The summed E-state index contributed by atoms with van der Waals surface area (Å²) in [5.74, 6) is 0.288. The van der Waals surface area contributed by atoms with Crippen molar-refractivity contribution in [3.8, 4) is 23.1 Å². The number of non-ortho nitro benzene ring substituents is 1. The Kier molecular flexibility index (Phi) is 8.01. The number of amides is 1. The Bertz CT molecular complexity index is 1390. The van der Waals surface area contributed by atoms with Gasteiger partial charge in [0.15, 0.2) is 5.82 Å². The number of nitrogens with zero attached hydrogens (tertiary/aromatic N) is 4. The highest BCUT2D eigenvalue weighted by atomic mass is 16.6. The number of anilines is 1. The van der Waals surface area contributed by atoms with Crippen LogP contribution in [0, 0.1) is 17.0 Å². The molecular formula is C27H25N5O5. The normalized spacial score (nSPS) is 11.0. The summed E-state index contributed by atoms with van der Waals surface area (Å²) in [4.78, 5) is 27.2. The number of benzene rings is 3. The van der Waals surface area contributed by atoms with E-state index >= 15 is 0 Å². The molecule has 0 unspecified atom stereocenters. The van der Waals surface area contributed by atoms with E-state index < -0.39 is 4.92 Å². The third-order valence-corrected chi connectivity index (χ3v) is 5.33. The zero-order valence-corrected chi connectivity index (χ0v) is 20.3. The van der Waals surface area contributed by atoms with Gasteiger partial charge < -0.3 is 14.8 Å². The number of methoxy groups -OCH3 is 1. The van der Waals surface area contributed by atoms with E-state index in [1.165, 1.54) is 18.2 Å². The summed E-state index contributed by atoms with van der Waals surface area (Å²) in [7, 11) is 1.60. The van der Waals surface area contributed by atoms with E-state index in [4.69, 9.17) is 9.47 Å². The predicted molar refractivity (Wildman–Crippen MR) is 140 cm³/mol. The zero-order valence-electron chi connectivity index (χ0n) is 20.3. The van der Waals surface area contributed by atoms with Gasteiger partial charge >= 0.3 is 6.01 Å². The summed E-state index contributed by atoms with van der Waals surface area (Å²) in [6.07, 6.45) is 2.95. The van der Waals surface area contributed by atoms with Crippen LogP contribution in [0.25, 0.3) is 23.2 Å². The van der Waals surface area contributed by atoms with Crippen molar-refractivity contribution in [1.29, 1.82) is 0 Å². The maximum atomic E-state index is 12.4. The molecule has 1 aromatic heterocycles. The van der Waals surface area contributed by atoms with Crippen LogP contribution >= 0.6 is 0 Å². The number of nitro groups is 1. The number of aromatic nitrogens is 3. The number of hydrogen-bond donors (Lipinski definition) is 1. The van der Waals surface area contributed by atoms with Crippen LogP contribution in [-0.4, -0.2) is 45.9 Å². The molecule has 4 aromatic rings. The quantitative estimate of drug-likeness (QED) is 0.144. The SMILES string of the molecule is COCCOc1nc(-c2ccc(C)cc2)n(-c2ccc(NC(=O)/C=C/c3ccc([N+](=O)[O-])cc3)cc2)n1. The second-order valence-electron chi connectivity index (χ2n) is 8.06. The van der Waals surface area contributed by atoms with Gasteiger partial charge in [0.25, 0.3) is 5.69 Å². The summed E-state index contributed by atoms with van der Waals surface area (Å²) in [5, 5.41) is 18.1. The lowest BCUT2D eigenvalue weighted by molar-refractivity contribution is -0.384. The van der Waals surface area contributed by atoms with E-state index in [9.17, 15) is 14.9 Å². The minimum Gasteiger partial charge on any atom is -0.460 e. The van der Waals surface area contributed by atoms with Crippen LogP contribution in [0.5, 0.6) is 6.01 Å². The molecule has 1 N–H and O–H groups in total. The fraction of sp³-hybridized carbons (Fsp3) is 0.148. The van der Waals surface area contributed by atoms with Crippen LogP contribution in [-0.2, 0) is 9.53 Å². The zero-order chi connectivity index (χ0) is 26.2. The van der Waals surface area contributed by atoms with Crippen molar-refractivity contribution in [2.24, 2.45) is 0 Å². The molecule has 0 saturated heterocycles. The van der Waals surface area contributed by atoms with E-state index in [1.807, 2.05) is 43.3 Å². The average Bonchev–Trinajstić information content (AvgIpc) is 3.33. The fourth-order valence-electron chi connectivity index (χ4n) is 3.39. The standard InChI is InChI=1S/C27H25N5O5/c1-19-3-8-21(9-4-19)26-29-27(37-18-17-36-2)30-31(26)23-14-10-22(11-15-23)28-25(33)16-7-20-5-12-24(13-6-20)32(34)35/h3-16H,17-18H2,1-2H3,(H,28,33)/b16-7+. The first kappa shape index (κ1) is 25.3. The van der Waals surface area contributed by atoms with E-state index in [1.54, 1.807) is 42.1 Å². The van der Waals surface area contributed by atoms with Crippen molar-refractivity contribution < 1.29 is 19.2 Å². The van der Waals surface area contributed by atoms with Crippen molar-refractivity contribution >= 4 is 23.4 Å². The second-order valence-corrected chi connectivity index (χ2v) is 8.06. The number of nitrogens with one attached hydrogen (secondary N) is 1. The number of rotatable bonds is 10. The van der Waals surface area contributed by atoms with E-state index in [-0.39, 0.29) is 17.6 Å². The van der Waals surface area contributed by atoms with Crippen molar-refractivity contribution in [3.63, 3.8) is 0 Å². The van der Waals surface area contributed by atoms with Gasteiger partial charge in [-0.1, -0.05) is 29.8 Å². The lowest BCUT2D eigenvalue weighted by Crippen LogP contribution is -2.08. The van der Waals surface area contributed by atoms with Crippen LogP contribution in [0.1, 0.15) is 11.1 Å². The Morgan fingerprint density at radius 1 is 1.03 bits per heavy atom. The van der Waals surface area contributed by atoms with Gasteiger partial charge in [0.2, 0.25) is 5.91 Å². The molecule has 3 aromatic carbocycles. The monoisotopic (exact) mass is 499 g/mol. The molecule has 1 heterocycles. The predicted octanol–water partition coefficient (Wildman–Crippen LogP) is 4.83. The molecule has 0 bridgehead atoms. The van der Waals surface area contributed by atoms with E-state index in [0.29, 0.717) is 30.3 Å². The topological polar surface area (TPSA) is 121 Å². The lowest BCUT2D eigenvalue weighted by atomic mass is 10.1. The van der Waals surface area contributed by atoms with Crippen molar-refractivity contribution in [1.82, 2.24) is 14.8 Å². The molecule has 10 nitrogen and oxygen atoms in total. The van der Waals surface area contributed by atoms with E-state index in [2.05, 4.69) is 15.4 Å². The highest BCUT2D eigenvalue weighted by molar-refractivity contribution is 6.02. The maximum absolute atomic E-state index is 12.4. The first-order valence-corrected chi connectivity index (χ1v) is 11.4. The summed E-state index contributed by atoms with van der Waals surface area (Å²) >= 11 is 0. The second kappa shape index (κ2) is 11.7. The van der Waals surface area contributed by atoms with Crippen molar-refractivity contribution in [3.05, 3.63) is 100 Å². The largest absolute Gasteiger partial charge is 0.460 e. The number of carbonyl (C=O) groups is 1. The van der Waals surface area contributed by atoms with Crippen molar-refractivity contribution in [2.75, 3.05) is 25.6 Å². The molecule has 0 aliphatic heterocycles. The molecule has 0 saturated carbocycles. The first-order valence-electron chi connectivity index (χ1n) is 11.4. The molecule has 0 atom stereocenters. The molecule has 0 aliphatic carbocycles. The molecule has 0 spiro atoms. The van der Waals surface area contributed by atoms with Crippen molar-refractivity contribution in [2.45, 2.75) is 6.92 Å². The summed E-state index contributed by atoms with van der Waals surface area (Å²) < 4.78 is 12.3. The van der Waals surface area contributed by atoms with Crippen LogP contribution in [0.2, 0.25) is 0 Å². The molecule has 0 radical (unpaired) electrons. The molecule has 188 valence electrons. The maximum Gasteiger partial charge on any atom is 0.336 e. The Morgan fingerprint density at radius 2 is 1.73 bits per heavy atom. The van der Waals surface area contributed by atoms with Crippen LogP contribution in [0.3, 0.4) is 0 Å². The fourth-order valence-corrected chi connectivity index (χ4v) is 3.39. The lowest BCUT2D eigenvalue weighted by Gasteiger charge is -2.08. The minimum atomic E-state index is -0.470. The molecule has 1 amide bonds. The number of carbonyl (C=O) groups excluding carboxylic acids is 1. The highest BCUT2D eigenvalue weighted by Crippen LogP contribution is 2.25. The molecule has 37 heavy (non-hydrogen) atoms. The van der Waals surface area contributed by atoms with Gasteiger partial charge in [-0.2, -0.15) is 4.98 Å². The number of ether oxygens (including phenoxy) is 2. The van der Waals surface area contributed by atoms with Gasteiger partial charge in [-0.25, -0.2) is 4.68 Å². The van der Waals surface area contributed by atoms with Gasteiger partial charge in [-0.3, -0.25) is 14.9 Å². The van der Waals surface area contributed by atoms with Gasteiger partial charge in [-0.05, 0) is 55.0 Å². The van der Waals surface area contributed by atoms with Gasteiger partial charge in [-0.15, -0.1) is 5.10 Å². The Hall–Kier alpha value is -4.83. The molecular weight excluding hydrogens is 474 g/mol. The average molecular weight is 500 g/mol.